The number of carbonyl (C=O) groups is 2. The Labute approximate surface area is 141 Å². The van der Waals surface area contributed by atoms with Crippen LogP contribution in [0.5, 0.6) is 0 Å². The molecule has 1 aromatic rings. The first-order valence-corrected chi connectivity index (χ1v) is 8.38. The summed E-state index contributed by atoms with van der Waals surface area (Å²) in [5, 5.41) is 12.3. The molecule has 130 valence electrons. The molecule has 2 heterocycles. The van der Waals surface area contributed by atoms with E-state index in [0.717, 1.165) is 12.0 Å². The standard InChI is InChI=1S/C18H23NO5/c20-16(19-12-18(17(21)22)6-9-23-10-7-18)11-15-14-4-2-1-3-13(14)5-8-24-15/h1-4,15H,5-12H2,(H,19,20)(H,21,22). The van der Waals surface area contributed by atoms with E-state index in [-0.39, 0.29) is 25.0 Å². The zero-order chi connectivity index (χ0) is 17.0. The van der Waals surface area contributed by atoms with Gasteiger partial charge >= 0.3 is 5.97 Å². The van der Waals surface area contributed by atoms with E-state index in [1.54, 1.807) is 0 Å². The van der Waals surface area contributed by atoms with Crippen molar-refractivity contribution in [2.24, 2.45) is 5.41 Å². The first kappa shape index (κ1) is 16.9. The maximum absolute atomic E-state index is 12.3. The van der Waals surface area contributed by atoms with Crippen molar-refractivity contribution in [3.63, 3.8) is 0 Å². The van der Waals surface area contributed by atoms with Gasteiger partial charge in [0.15, 0.2) is 0 Å². The topological polar surface area (TPSA) is 84.9 Å². The second kappa shape index (κ2) is 7.32. The van der Waals surface area contributed by atoms with Gasteiger partial charge in [0, 0.05) is 19.8 Å². The summed E-state index contributed by atoms with van der Waals surface area (Å²) in [6.45, 7) is 1.58. The molecule has 2 aliphatic rings. The molecule has 2 aliphatic heterocycles. The quantitative estimate of drug-likeness (QED) is 0.856. The van der Waals surface area contributed by atoms with Crippen molar-refractivity contribution in [1.82, 2.24) is 5.32 Å². The van der Waals surface area contributed by atoms with Crippen LogP contribution >= 0.6 is 0 Å². The number of hydrogen-bond acceptors (Lipinski definition) is 4. The number of amides is 1. The van der Waals surface area contributed by atoms with Crippen molar-refractivity contribution in [3.8, 4) is 0 Å². The van der Waals surface area contributed by atoms with Crippen LogP contribution in [0.4, 0.5) is 0 Å². The molecule has 0 aliphatic carbocycles. The molecule has 1 fully saturated rings. The molecule has 1 atom stereocenters. The Morgan fingerprint density at radius 3 is 2.71 bits per heavy atom. The summed E-state index contributed by atoms with van der Waals surface area (Å²) in [4.78, 5) is 23.9. The average Bonchev–Trinajstić information content (AvgIpc) is 2.61. The van der Waals surface area contributed by atoms with Crippen LogP contribution in [0.3, 0.4) is 0 Å². The molecular formula is C18H23NO5. The van der Waals surface area contributed by atoms with Gasteiger partial charge in [-0.1, -0.05) is 24.3 Å². The van der Waals surface area contributed by atoms with Gasteiger partial charge in [-0.3, -0.25) is 9.59 Å². The van der Waals surface area contributed by atoms with Crippen LogP contribution in [0.15, 0.2) is 24.3 Å². The highest BCUT2D eigenvalue weighted by Crippen LogP contribution is 2.31. The van der Waals surface area contributed by atoms with E-state index in [1.807, 2.05) is 18.2 Å². The van der Waals surface area contributed by atoms with E-state index in [4.69, 9.17) is 9.47 Å². The van der Waals surface area contributed by atoms with Crippen LogP contribution in [0, 0.1) is 5.41 Å². The summed E-state index contributed by atoms with van der Waals surface area (Å²) < 4.78 is 11.0. The molecule has 0 spiro atoms. The van der Waals surface area contributed by atoms with Crippen molar-refractivity contribution in [2.45, 2.75) is 31.8 Å². The van der Waals surface area contributed by atoms with Gasteiger partial charge in [0.05, 0.1) is 24.5 Å². The van der Waals surface area contributed by atoms with Crippen LogP contribution < -0.4 is 5.32 Å². The number of carboxylic acid groups (broad SMARTS) is 1. The molecule has 0 saturated carbocycles. The van der Waals surface area contributed by atoms with Crippen molar-refractivity contribution in [3.05, 3.63) is 35.4 Å². The number of carboxylic acids is 1. The van der Waals surface area contributed by atoms with Gasteiger partial charge in [0.25, 0.3) is 0 Å². The highest BCUT2D eigenvalue weighted by Gasteiger charge is 2.40. The number of rotatable bonds is 5. The molecule has 1 aromatic carbocycles. The maximum atomic E-state index is 12.3. The number of nitrogens with one attached hydrogen (secondary N) is 1. The lowest BCUT2D eigenvalue weighted by Gasteiger charge is -2.33. The highest BCUT2D eigenvalue weighted by atomic mass is 16.5. The number of ether oxygens (including phenoxy) is 2. The van der Waals surface area contributed by atoms with Gasteiger partial charge in [0.2, 0.25) is 5.91 Å². The first-order chi connectivity index (χ1) is 11.6. The molecule has 1 amide bonds. The van der Waals surface area contributed by atoms with Crippen molar-refractivity contribution in [1.29, 1.82) is 0 Å². The van der Waals surface area contributed by atoms with Crippen molar-refractivity contribution in [2.75, 3.05) is 26.4 Å². The lowest BCUT2D eigenvalue weighted by Crippen LogP contribution is -2.46. The largest absolute Gasteiger partial charge is 0.481 e. The smallest absolute Gasteiger partial charge is 0.311 e. The zero-order valence-corrected chi connectivity index (χ0v) is 13.6. The summed E-state index contributed by atoms with van der Waals surface area (Å²) in [6, 6.07) is 7.98. The fraction of sp³-hybridized carbons (Fsp3) is 0.556. The Balaban J connectivity index is 1.59. The van der Waals surface area contributed by atoms with E-state index in [2.05, 4.69) is 11.4 Å². The van der Waals surface area contributed by atoms with E-state index in [0.29, 0.717) is 32.7 Å². The van der Waals surface area contributed by atoms with Gasteiger partial charge in [-0.2, -0.15) is 0 Å². The van der Waals surface area contributed by atoms with Crippen LogP contribution in [0.2, 0.25) is 0 Å². The number of benzene rings is 1. The average molecular weight is 333 g/mol. The van der Waals surface area contributed by atoms with E-state index in [1.165, 1.54) is 5.56 Å². The van der Waals surface area contributed by atoms with Crippen LogP contribution in [0.1, 0.15) is 36.5 Å². The Hall–Kier alpha value is -1.92. The number of hydrogen-bond donors (Lipinski definition) is 2. The molecular weight excluding hydrogens is 310 g/mol. The molecule has 1 unspecified atom stereocenters. The second-order valence-corrected chi connectivity index (χ2v) is 6.49. The third-order valence-corrected chi connectivity index (χ3v) is 4.99. The summed E-state index contributed by atoms with van der Waals surface area (Å²) >= 11 is 0. The third kappa shape index (κ3) is 3.60. The number of fused-ring (bicyclic) bond motifs is 1. The molecule has 0 radical (unpaired) electrons. The third-order valence-electron chi connectivity index (χ3n) is 4.99. The fourth-order valence-electron chi connectivity index (χ4n) is 3.38. The molecule has 6 nitrogen and oxygen atoms in total. The van der Waals surface area contributed by atoms with Gasteiger partial charge in [-0.15, -0.1) is 0 Å². The van der Waals surface area contributed by atoms with Crippen LogP contribution in [-0.2, 0) is 25.5 Å². The summed E-state index contributed by atoms with van der Waals surface area (Å²) in [5.74, 6) is -1.05. The minimum atomic E-state index is -0.917. The minimum absolute atomic E-state index is 0.138. The SMILES string of the molecule is O=C(CC1OCCc2ccccc21)NCC1(C(=O)O)CCOCC1. The van der Waals surface area contributed by atoms with Gasteiger partial charge in [0.1, 0.15) is 0 Å². The van der Waals surface area contributed by atoms with Gasteiger partial charge < -0.3 is 19.9 Å². The van der Waals surface area contributed by atoms with E-state index < -0.39 is 11.4 Å². The fourth-order valence-corrected chi connectivity index (χ4v) is 3.38. The molecule has 24 heavy (non-hydrogen) atoms. The van der Waals surface area contributed by atoms with Crippen LogP contribution in [0.25, 0.3) is 0 Å². The first-order valence-electron chi connectivity index (χ1n) is 8.38. The normalized spacial score (nSPS) is 22.4. The second-order valence-electron chi connectivity index (χ2n) is 6.49. The molecule has 0 bridgehead atoms. The Kier molecular flexibility index (Phi) is 5.16. The monoisotopic (exact) mass is 333 g/mol. The Morgan fingerprint density at radius 1 is 1.21 bits per heavy atom. The Morgan fingerprint density at radius 2 is 1.96 bits per heavy atom. The zero-order valence-electron chi connectivity index (χ0n) is 13.6. The van der Waals surface area contributed by atoms with Crippen molar-refractivity contribution >= 4 is 11.9 Å². The highest BCUT2D eigenvalue weighted by molar-refractivity contribution is 5.79. The molecule has 0 aromatic heterocycles. The van der Waals surface area contributed by atoms with Gasteiger partial charge in [-0.25, -0.2) is 0 Å². The van der Waals surface area contributed by atoms with Crippen molar-refractivity contribution < 1.29 is 24.2 Å². The minimum Gasteiger partial charge on any atom is -0.481 e. The summed E-state index contributed by atoms with van der Waals surface area (Å²) in [7, 11) is 0. The predicted octanol–water partition coefficient (Wildman–Crippen LogP) is 1.69. The Bertz CT molecular complexity index is 609. The lowest BCUT2D eigenvalue weighted by atomic mass is 9.80. The maximum Gasteiger partial charge on any atom is 0.311 e. The molecule has 1 saturated heterocycles. The number of carbonyl (C=O) groups excluding carboxylic acids is 1. The summed E-state index contributed by atoms with van der Waals surface area (Å²) in [6.07, 6.45) is 1.65. The van der Waals surface area contributed by atoms with Crippen LogP contribution in [-0.4, -0.2) is 43.3 Å². The number of aliphatic carboxylic acids is 1. The molecule has 6 heteroatoms. The molecule has 2 N–H and O–H groups in total. The van der Waals surface area contributed by atoms with Gasteiger partial charge in [-0.05, 0) is 30.4 Å². The molecule has 3 rings (SSSR count). The van der Waals surface area contributed by atoms with E-state index in [9.17, 15) is 14.7 Å². The van der Waals surface area contributed by atoms with E-state index >= 15 is 0 Å². The lowest BCUT2D eigenvalue weighted by molar-refractivity contribution is -0.154. The summed E-state index contributed by atoms with van der Waals surface area (Å²) in [5.41, 5.74) is 1.35. The predicted molar refractivity (Wildman–Crippen MR) is 86.6 cm³/mol.